The number of para-hydroxylation sites is 1. The molecule has 0 aliphatic rings. The lowest BCUT2D eigenvalue weighted by Gasteiger charge is -2.05. The Hall–Kier alpha value is -2.33. The zero-order valence-electron chi connectivity index (χ0n) is 11.2. The van der Waals surface area contributed by atoms with E-state index >= 15 is 0 Å². The van der Waals surface area contributed by atoms with Crippen LogP contribution in [0.2, 0.25) is 0 Å². The number of benzene rings is 2. The molecule has 1 aromatic heterocycles. The molecule has 3 rings (SSSR count). The van der Waals surface area contributed by atoms with Crippen LogP contribution >= 0.6 is 0 Å². The van der Waals surface area contributed by atoms with Crippen LogP contribution < -0.4 is 0 Å². The van der Waals surface area contributed by atoms with Crippen LogP contribution in [-0.2, 0) is 22.7 Å². The van der Waals surface area contributed by atoms with Crippen molar-refractivity contribution in [1.82, 2.24) is 4.57 Å². The van der Waals surface area contributed by atoms with E-state index in [-0.39, 0.29) is 19.1 Å². The standard InChI is InChI=1S/C16H15NO3/c1-20-16(19)9-17-14-5-3-2-4-12(14)13-8-11(10-18)6-7-15(13)17/h2-8,18H,9-10H2,1H3. The minimum Gasteiger partial charge on any atom is -0.468 e. The molecule has 0 aliphatic carbocycles. The van der Waals surface area contributed by atoms with Crippen molar-refractivity contribution in [3.8, 4) is 0 Å². The number of aliphatic hydroxyl groups excluding tert-OH is 1. The second-order valence-corrected chi connectivity index (χ2v) is 4.69. The van der Waals surface area contributed by atoms with E-state index in [2.05, 4.69) is 0 Å². The molecule has 0 unspecified atom stereocenters. The SMILES string of the molecule is COC(=O)Cn1c2ccccc2c2cc(CO)ccc21. The van der Waals surface area contributed by atoms with Gasteiger partial charge in [-0.15, -0.1) is 0 Å². The molecule has 0 aliphatic heterocycles. The van der Waals surface area contributed by atoms with Gasteiger partial charge in [-0.25, -0.2) is 0 Å². The third kappa shape index (κ3) is 1.94. The fourth-order valence-electron chi connectivity index (χ4n) is 2.56. The molecule has 0 radical (unpaired) electrons. The Balaban J connectivity index is 2.32. The minimum atomic E-state index is -0.279. The van der Waals surface area contributed by atoms with Crippen LogP contribution in [0.4, 0.5) is 0 Å². The largest absolute Gasteiger partial charge is 0.468 e. The normalized spacial score (nSPS) is 11.1. The number of carbonyl (C=O) groups excluding carboxylic acids is 1. The summed E-state index contributed by atoms with van der Waals surface area (Å²) in [7, 11) is 1.39. The third-order valence-electron chi connectivity index (χ3n) is 3.53. The van der Waals surface area contributed by atoms with Gasteiger partial charge < -0.3 is 14.4 Å². The molecule has 2 aromatic carbocycles. The van der Waals surface area contributed by atoms with Crippen LogP contribution in [0.3, 0.4) is 0 Å². The fourth-order valence-corrected chi connectivity index (χ4v) is 2.56. The van der Waals surface area contributed by atoms with E-state index in [1.165, 1.54) is 7.11 Å². The zero-order chi connectivity index (χ0) is 14.1. The van der Waals surface area contributed by atoms with Crippen molar-refractivity contribution < 1.29 is 14.6 Å². The molecule has 0 spiro atoms. The van der Waals surface area contributed by atoms with Crippen LogP contribution in [0, 0.1) is 0 Å². The Labute approximate surface area is 116 Å². The number of nitrogens with zero attached hydrogens (tertiary/aromatic N) is 1. The average molecular weight is 269 g/mol. The summed E-state index contributed by atoms with van der Waals surface area (Å²) >= 11 is 0. The summed E-state index contributed by atoms with van der Waals surface area (Å²) in [6.45, 7) is 0.186. The molecule has 4 heteroatoms. The van der Waals surface area contributed by atoms with E-state index in [4.69, 9.17) is 4.74 Å². The highest BCUT2D eigenvalue weighted by atomic mass is 16.5. The van der Waals surface area contributed by atoms with Crippen LogP contribution in [0.5, 0.6) is 0 Å². The van der Waals surface area contributed by atoms with Gasteiger partial charge in [-0.05, 0) is 23.8 Å². The van der Waals surface area contributed by atoms with Crippen molar-refractivity contribution in [2.24, 2.45) is 0 Å². The van der Waals surface area contributed by atoms with Gasteiger partial charge in [-0.2, -0.15) is 0 Å². The van der Waals surface area contributed by atoms with Crippen LogP contribution in [-0.4, -0.2) is 22.8 Å². The van der Waals surface area contributed by atoms with Crippen molar-refractivity contribution in [3.05, 3.63) is 48.0 Å². The van der Waals surface area contributed by atoms with E-state index in [0.717, 1.165) is 27.4 Å². The first-order valence-electron chi connectivity index (χ1n) is 6.42. The van der Waals surface area contributed by atoms with Gasteiger partial charge in [-0.3, -0.25) is 4.79 Å². The van der Waals surface area contributed by atoms with Gasteiger partial charge in [0.15, 0.2) is 0 Å². The second-order valence-electron chi connectivity index (χ2n) is 4.69. The number of hydrogen-bond donors (Lipinski definition) is 1. The lowest BCUT2D eigenvalue weighted by Crippen LogP contribution is -2.11. The summed E-state index contributed by atoms with van der Waals surface area (Å²) in [6.07, 6.45) is 0. The number of ether oxygens (including phenoxy) is 1. The van der Waals surface area contributed by atoms with Gasteiger partial charge in [0.1, 0.15) is 6.54 Å². The van der Waals surface area contributed by atoms with Crippen LogP contribution in [0.1, 0.15) is 5.56 Å². The molecule has 0 saturated heterocycles. The maximum atomic E-state index is 11.6. The lowest BCUT2D eigenvalue weighted by molar-refractivity contribution is -0.141. The Morgan fingerprint density at radius 2 is 1.90 bits per heavy atom. The summed E-state index contributed by atoms with van der Waals surface area (Å²) < 4.78 is 6.71. The molecule has 20 heavy (non-hydrogen) atoms. The first kappa shape index (κ1) is 12.7. The van der Waals surface area contributed by atoms with Crippen molar-refractivity contribution in [2.45, 2.75) is 13.2 Å². The maximum Gasteiger partial charge on any atom is 0.325 e. The molecule has 0 saturated carbocycles. The van der Waals surface area contributed by atoms with Gasteiger partial charge in [0.2, 0.25) is 0 Å². The number of rotatable bonds is 3. The highest BCUT2D eigenvalue weighted by molar-refractivity contribution is 6.08. The maximum absolute atomic E-state index is 11.6. The van der Waals surface area contributed by atoms with Crippen molar-refractivity contribution in [1.29, 1.82) is 0 Å². The molecular weight excluding hydrogens is 254 g/mol. The quantitative estimate of drug-likeness (QED) is 0.743. The van der Waals surface area contributed by atoms with Gasteiger partial charge in [-0.1, -0.05) is 24.3 Å². The average Bonchev–Trinajstić information content (AvgIpc) is 2.81. The summed E-state index contributed by atoms with van der Waals surface area (Å²) in [6, 6.07) is 13.7. The highest BCUT2D eigenvalue weighted by Gasteiger charge is 2.13. The molecule has 0 bridgehead atoms. The Kier molecular flexibility index (Phi) is 3.16. The summed E-state index contributed by atoms with van der Waals surface area (Å²) in [5.41, 5.74) is 2.82. The number of carbonyl (C=O) groups is 1. The zero-order valence-corrected chi connectivity index (χ0v) is 11.2. The van der Waals surface area contributed by atoms with Gasteiger partial charge in [0.25, 0.3) is 0 Å². The summed E-state index contributed by atoms with van der Waals surface area (Å²) in [5, 5.41) is 11.4. The minimum absolute atomic E-state index is 0.00640. The summed E-state index contributed by atoms with van der Waals surface area (Å²) in [5.74, 6) is -0.279. The highest BCUT2D eigenvalue weighted by Crippen LogP contribution is 2.29. The smallest absolute Gasteiger partial charge is 0.325 e. The van der Waals surface area contributed by atoms with Crippen molar-refractivity contribution in [3.63, 3.8) is 0 Å². The molecular formula is C16H15NO3. The molecule has 0 atom stereocenters. The van der Waals surface area contributed by atoms with E-state index in [1.54, 1.807) is 0 Å². The molecule has 4 nitrogen and oxygen atoms in total. The Morgan fingerprint density at radius 1 is 1.15 bits per heavy atom. The van der Waals surface area contributed by atoms with Gasteiger partial charge in [0.05, 0.1) is 13.7 Å². The second kappa shape index (κ2) is 4.98. The first-order chi connectivity index (χ1) is 9.74. The monoisotopic (exact) mass is 269 g/mol. The first-order valence-corrected chi connectivity index (χ1v) is 6.42. The number of aromatic nitrogens is 1. The molecule has 3 aromatic rings. The van der Waals surface area contributed by atoms with Gasteiger partial charge in [0, 0.05) is 21.8 Å². The fraction of sp³-hybridized carbons (Fsp3) is 0.188. The number of esters is 1. The van der Waals surface area contributed by atoms with E-state index in [0.29, 0.717) is 0 Å². The molecule has 1 heterocycles. The number of fused-ring (bicyclic) bond motifs is 3. The topological polar surface area (TPSA) is 51.5 Å². The predicted octanol–water partition coefficient (Wildman–Crippen LogP) is 2.46. The summed E-state index contributed by atoms with van der Waals surface area (Å²) in [4.78, 5) is 11.6. The van der Waals surface area contributed by atoms with Crippen LogP contribution in [0.15, 0.2) is 42.5 Å². The van der Waals surface area contributed by atoms with Crippen molar-refractivity contribution >= 4 is 27.8 Å². The van der Waals surface area contributed by atoms with Crippen LogP contribution in [0.25, 0.3) is 21.8 Å². The van der Waals surface area contributed by atoms with Gasteiger partial charge >= 0.3 is 5.97 Å². The lowest BCUT2D eigenvalue weighted by atomic mass is 10.1. The molecule has 102 valence electrons. The third-order valence-corrected chi connectivity index (χ3v) is 3.53. The molecule has 0 amide bonds. The van der Waals surface area contributed by atoms with E-state index in [9.17, 15) is 9.90 Å². The number of methoxy groups -OCH3 is 1. The number of hydrogen-bond acceptors (Lipinski definition) is 3. The Bertz CT molecular complexity index is 789. The van der Waals surface area contributed by atoms with E-state index in [1.807, 2.05) is 47.0 Å². The number of aliphatic hydroxyl groups is 1. The predicted molar refractivity (Wildman–Crippen MR) is 77.4 cm³/mol. The Morgan fingerprint density at radius 3 is 2.65 bits per heavy atom. The van der Waals surface area contributed by atoms with E-state index < -0.39 is 0 Å². The molecule has 0 fully saturated rings. The molecule has 1 N–H and O–H groups in total. The van der Waals surface area contributed by atoms with Crippen molar-refractivity contribution in [2.75, 3.05) is 7.11 Å².